The van der Waals surface area contributed by atoms with E-state index in [1.54, 1.807) is 0 Å². The standard InChI is InChI=1S/C15H21NO2/c1-15(14(17)18,13-9-5-4-6-10-13)16-11-7-2-3-8-12-16/h4-6,9-10H,2-3,7-8,11-12H2,1H3,(H,17,18). The molecular weight excluding hydrogens is 226 g/mol. The van der Waals surface area contributed by atoms with Gasteiger partial charge < -0.3 is 5.11 Å². The predicted octanol–water partition coefficient (Wildman–Crippen LogP) is 2.86. The second kappa shape index (κ2) is 5.53. The van der Waals surface area contributed by atoms with Crippen LogP contribution in [0.2, 0.25) is 0 Å². The highest BCUT2D eigenvalue weighted by atomic mass is 16.4. The normalized spacial score (nSPS) is 20.9. The van der Waals surface area contributed by atoms with Gasteiger partial charge in [-0.15, -0.1) is 0 Å². The van der Waals surface area contributed by atoms with Crippen molar-refractivity contribution in [1.82, 2.24) is 4.90 Å². The molecule has 1 aliphatic heterocycles. The third kappa shape index (κ3) is 2.41. The topological polar surface area (TPSA) is 40.5 Å². The van der Waals surface area contributed by atoms with E-state index in [9.17, 15) is 9.90 Å². The molecule has 1 heterocycles. The van der Waals surface area contributed by atoms with Crippen LogP contribution in [-0.2, 0) is 10.3 Å². The van der Waals surface area contributed by atoms with Gasteiger partial charge in [0.15, 0.2) is 0 Å². The second-order valence-electron chi connectivity index (χ2n) is 5.14. The molecule has 0 radical (unpaired) electrons. The fourth-order valence-electron chi connectivity index (χ4n) is 2.72. The molecule has 1 fully saturated rings. The number of likely N-dealkylation sites (tertiary alicyclic amines) is 1. The van der Waals surface area contributed by atoms with Gasteiger partial charge in [0.05, 0.1) is 0 Å². The average molecular weight is 247 g/mol. The van der Waals surface area contributed by atoms with Crippen molar-refractivity contribution in [2.45, 2.75) is 38.1 Å². The van der Waals surface area contributed by atoms with Crippen molar-refractivity contribution in [2.75, 3.05) is 13.1 Å². The van der Waals surface area contributed by atoms with E-state index in [1.807, 2.05) is 37.3 Å². The van der Waals surface area contributed by atoms with Gasteiger partial charge in [-0.1, -0.05) is 43.2 Å². The minimum atomic E-state index is -0.897. The maximum Gasteiger partial charge on any atom is 0.328 e. The maximum absolute atomic E-state index is 11.8. The number of carbonyl (C=O) groups is 1. The van der Waals surface area contributed by atoms with Crippen LogP contribution in [0.25, 0.3) is 0 Å². The Morgan fingerprint density at radius 3 is 2.17 bits per heavy atom. The molecule has 1 unspecified atom stereocenters. The molecule has 0 aliphatic carbocycles. The monoisotopic (exact) mass is 247 g/mol. The first-order valence-corrected chi connectivity index (χ1v) is 6.69. The summed E-state index contributed by atoms with van der Waals surface area (Å²) in [6.07, 6.45) is 4.60. The lowest BCUT2D eigenvalue weighted by Crippen LogP contribution is -2.50. The Kier molecular flexibility index (Phi) is 4.02. The molecule has 1 N–H and O–H groups in total. The summed E-state index contributed by atoms with van der Waals surface area (Å²) >= 11 is 0. The number of carboxylic acids is 1. The van der Waals surface area contributed by atoms with Crippen molar-refractivity contribution in [2.24, 2.45) is 0 Å². The van der Waals surface area contributed by atoms with Crippen LogP contribution in [-0.4, -0.2) is 29.1 Å². The summed E-state index contributed by atoms with van der Waals surface area (Å²) in [4.78, 5) is 13.9. The highest BCUT2D eigenvalue weighted by Gasteiger charge is 2.41. The molecule has 1 aromatic rings. The van der Waals surface area contributed by atoms with E-state index in [2.05, 4.69) is 4.90 Å². The Morgan fingerprint density at radius 2 is 1.67 bits per heavy atom. The summed E-state index contributed by atoms with van der Waals surface area (Å²) in [5.41, 5.74) is -0.0228. The third-order valence-corrected chi connectivity index (χ3v) is 3.99. The SMILES string of the molecule is CC(C(=O)O)(c1ccccc1)N1CCCCCC1. The van der Waals surface area contributed by atoms with Crippen LogP contribution in [0.15, 0.2) is 30.3 Å². The quantitative estimate of drug-likeness (QED) is 0.893. The van der Waals surface area contributed by atoms with Crippen LogP contribution in [0.5, 0.6) is 0 Å². The van der Waals surface area contributed by atoms with Gasteiger partial charge in [0.2, 0.25) is 0 Å². The number of hydrogen-bond donors (Lipinski definition) is 1. The second-order valence-corrected chi connectivity index (χ2v) is 5.14. The van der Waals surface area contributed by atoms with Crippen LogP contribution >= 0.6 is 0 Å². The van der Waals surface area contributed by atoms with E-state index >= 15 is 0 Å². The number of benzene rings is 1. The summed E-state index contributed by atoms with van der Waals surface area (Å²) < 4.78 is 0. The average Bonchev–Trinajstić information content (AvgIpc) is 2.67. The zero-order valence-corrected chi connectivity index (χ0v) is 10.9. The van der Waals surface area contributed by atoms with Crippen LogP contribution < -0.4 is 0 Å². The molecule has 2 rings (SSSR count). The molecule has 18 heavy (non-hydrogen) atoms. The van der Waals surface area contributed by atoms with Crippen molar-refractivity contribution in [1.29, 1.82) is 0 Å². The first kappa shape index (κ1) is 13.1. The molecule has 0 spiro atoms. The van der Waals surface area contributed by atoms with Gasteiger partial charge in [0.25, 0.3) is 0 Å². The van der Waals surface area contributed by atoms with Crippen molar-refractivity contribution in [3.63, 3.8) is 0 Å². The molecule has 1 aromatic carbocycles. The Labute approximate surface area is 108 Å². The van der Waals surface area contributed by atoms with E-state index in [4.69, 9.17) is 0 Å². The van der Waals surface area contributed by atoms with E-state index in [0.29, 0.717) is 0 Å². The van der Waals surface area contributed by atoms with E-state index in [0.717, 1.165) is 31.5 Å². The van der Waals surface area contributed by atoms with Crippen molar-refractivity contribution in [3.05, 3.63) is 35.9 Å². The summed E-state index contributed by atoms with van der Waals surface area (Å²) in [6, 6.07) is 9.58. The van der Waals surface area contributed by atoms with Crippen molar-refractivity contribution < 1.29 is 9.90 Å². The molecule has 1 saturated heterocycles. The highest BCUT2D eigenvalue weighted by molar-refractivity contribution is 5.80. The molecule has 1 aliphatic rings. The minimum absolute atomic E-state index is 0.754. The molecule has 0 aromatic heterocycles. The molecule has 0 saturated carbocycles. The minimum Gasteiger partial charge on any atom is -0.480 e. The van der Waals surface area contributed by atoms with Crippen LogP contribution in [0.4, 0.5) is 0 Å². The lowest BCUT2D eigenvalue weighted by atomic mass is 9.89. The molecule has 0 amide bonds. The van der Waals surface area contributed by atoms with Crippen molar-refractivity contribution >= 4 is 5.97 Å². The Morgan fingerprint density at radius 1 is 1.11 bits per heavy atom. The summed E-state index contributed by atoms with van der Waals surface area (Å²) in [6.45, 7) is 3.57. The Bertz CT molecular complexity index is 396. The molecule has 0 bridgehead atoms. The van der Waals surface area contributed by atoms with Gasteiger partial charge in [-0.3, -0.25) is 4.90 Å². The zero-order valence-electron chi connectivity index (χ0n) is 10.9. The smallest absolute Gasteiger partial charge is 0.328 e. The van der Waals surface area contributed by atoms with Gasteiger partial charge in [-0.05, 0) is 38.4 Å². The first-order chi connectivity index (χ1) is 8.65. The van der Waals surface area contributed by atoms with Crippen LogP contribution in [0.3, 0.4) is 0 Å². The summed E-state index contributed by atoms with van der Waals surface area (Å²) in [5.74, 6) is -0.754. The fourth-order valence-corrected chi connectivity index (χ4v) is 2.72. The Hall–Kier alpha value is -1.35. The number of carboxylic acid groups (broad SMARTS) is 1. The van der Waals surface area contributed by atoms with Gasteiger partial charge in [-0.2, -0.15) is 0 Å². The van der Waals surface area contributed by atoms with E-state index in [-0.39, 0.29) is 0 Å². The largest absolute Gasteiger partial charge is 0.480 e. The van der Waals surface area contributed by atoms with Gasteiger partial charge >= 0.3 is 5.97 Å². The van der Waals surface area contributed by atoms with Gasteiger partial charge in [0.1, 0.15) is 5.54 Å². The molecule has 1 atom stereocenters. The lowest BCUT2D eigenvalue weighted by molar-refractivity contribution is -0.151. The molecular formula is C15H21NO2. The number of nitrogens with zero attached hydrogens (tertiary/aromatic N) is 1. The van der Waals surface area contributed by atoms with Gasteiger partial charge in [0, 0.05) is 0 Å². The van der Waals surface area contributed by atoms with E-state index < -0.39 is 11.5 Å². The maximum atomic E-state index is 11.8. The molecule has 98 valence electrons. The molecule has 3 nitrogen and oxygen atoms in total. The Balaban J connectivity index is 2.34. The van der Waals surface area contributed by atoms with E-state index in [1.165, 1.54) is 12.8 Å². The first-order valence-electron chi connectivity index (χ1n) is 6.69. The number of rotatable bonds is 3. The van der Waals surface area contributed by atoms with Gasteiger partial charge in [-0.25, -0.2) is 4.79 Å². The summed E-state index contributed by atoms with van der Waals surface area (Å²) in [7, 11) is 0. The predicted molar refractivity (Wildman–Crippen MR) is 71.5 cm³/mol. The molecule has 3 heteroatoms. The fraction of sp³-hybridized carbons (Fsp3) is 0.533. The number of hydrogen-bond acceptors (Lipinski definition) is 2. The number of aliphatic carboxylic acids is 1. The van der Waals surface area contributed by atoms with Crippen LogP contribution in [0, 0.1) is 0 Å². The van der Waals surface area contributed by atoms with Crippen molar-refractivity contribution in [3.8, 4) is 0 Å². The van der Waals surface area contributed by atoms with Crippen LogP contribution in [0.1, 0.15) is 38.2 Å². The summed E-state index contributed by atoms with van der Waals surface area (Å²) in [5, 5.41) is 9.69. The third-order valence-electron chi connectivity index (χ3n) is 3.99. The highest BCUT2D eigenvalue weighted by Crippen LogP contribution is 2.30. The zero-order chi connectivity index (χ0) is 13.0. The lowest BCUT2D eigenvalue weighted by Gasteiger charge is -2.37.